The molecule has 0 aromatic heterocycles. The number of fused-ring (bicyclic) bond motifs is 1. The molecule has 2 atom stereocenters. The number of carbonyl (C=O) groups excluding carboxylic acids is 1. The average Bonchev–Trinajstić information content (AvgIpc) is 2.45. The lowest BCUT2D eigenvalue weighted by Crippen LogP contribution is -2.59. The first-order chi connectivity index (χ1) is 9.97. The zero-order valence-corrected chi connectivity index (χ0v) is 13.0. The van der Waals surface area contributed by atoms with Crippen molar-refractivity contribution in [1.29, 1.82) is 0 Å². The van der Waals surface area contributed by atoms with Gasteiger partial charge in [-0.1, -0.05) is 20.3 Å². The van der Waals surface area contributed by atoms with Crippen LogP contribution in [0.4, 0.5) is 4.79 Å². The van der Waals surface area contributed by atoms with Crippen molar-refractivity contribution < 1.29 is 14.7 Å². The minimum absolute atomic E-state index is 0.228. The number of nitrogens with one attached hydrogen (secondary N) is 1. The number of rotatable bonds is 4. The van der Waals surface area contributed by atoms with E-state index in [1.807, 2.05) is 13.8 Å². The molecule has 6 heteroatoms. The Morgan fingerprint density at radius 3 is 2.67 bits per heavy atom. The summed E-state index contributed by atoms with van der Waals surface area (Å²) in [6.45, 7) is 7.37. The highest BCUT2D eigenvalue weighted by atomic mass is 16.4. The van der Waals surface area contributed by atoms with Crippen LogP contribution in [0.2, 0.25) is 0 Å². The number of piperidine rings is 1. The van der Waals surface area contributed by atoms with Gasteiger partial charge in [0.15, 0.2) is 0 Å². The Bertz CT molecular complexity index is 386. The van der Waals surface area contributed by atoms with Crippen molar-refractivity contribution >= 4 is 12.0 Å². The predicted molar refractivity (Wildman–Crippen MR) is 80.2 cm³/mol. The monoisotopic (exact) mass is 297 g/mol. The van der Waals surface area contributed by atoms with Gasteiger partial charge >= 0.3 is 12.0 Å². The molecule has 0 radical (unpaired) electrons. The Morgan fingerprint density at radius 2 is 2.00 bits per heavy atom. The van der Waals surface area contributed by atoms with Crippen LogP contribution >= 0.6 is 0 Å². The summed E-state index contributed by atoms with van der Waals surface area (Å²) < 4.78 is 0. The fourth-order valence-electron chi connectivity index (χ4n) is 3.27. The molecule has 0 saturated carbocycles. The van der Waals surface area contributed by atoms with E-state index < -0.39 is 12.0 Å². The first kappa shape index (κ1) is 16.1. The van der Waals surface area contributed by atoms with Gasteiger partial charge in [-0.05, 0) is 31.7 Å². The summed E-state index contributed by atoms with van der Waals surface area (Å²) in [4.78, 5) is 27.8. The molecule has 0 aromatic carbocycles. The number of amides is 2. The van der Waals surface area contributed by atoms with E-state index in [1.54, 1.807) is 4.90 Å². The molecule has 2 aliphatic rings. The number of aliphatic carboxylic acids is 1. The molecule has 0 aromatic rings. The second kappa shape index (κ2) is 7.11. The summed E-state index contributed by atoms with van der Waals surface area (Å²) in [5.41, 5.74) is 0. The van der Waals surface area contributed by atoms with Crippen LogP contribution in [0.5, 0.6) is 0 Å². The van der Waals surface area contributed by atoms with E-state index >= 15 is 0 Å². The summed E-state index contributed by atoms with van der Waals surface area (Å²) in [6.07, 6.45) is 4.07. The Morgan fingerprint density at radius 1 is 1.24 bits per heavy atom. The highest BCUT2D eigenvalue weighted by molar-refractivity contribution is 5.82. The summed E-state index contributed by atoms with van der Waals surface area (Å²) in [7, 11) is 0. The number of carbonyl (C=O) groups is 2. The Kier molecular flexibility index (Phi) is 5.45. The van der Waals surface area contributed by atoms with Crippen molar-refractivity contribution in [1.82, 2.24) is 15.1 Å². The van der Waals surface area contributed by atoms with Crippen LogP contribution in [-0.2, 0) is 4.79 Å². The van der Waals surface area contributed by atoms with E-state index in [4.69, 9.17) is 0 Å². The van der Waals surface area contributed by atoms with Gasteiger partial charge in [-0.2, -0.15) is 0 Å². The maximum absolute atomic E-state index is 12.3. The van der Waals surface area contributed by atoms with Gasteiger partial charge in [0.25, 0.3) is 0 Å². The third-order valence-electron chi connectivity index (χ3n) is 4.43. The minimum Gasteiger partial charge on any atom is -0.480 e. The van der Waals surface area contributed by atoms with E-state index in [2.05, 4.69) is 10.2 Å². The Hall–Kier alpha value is -1.30. The fourth-order valence-corrected chi connectivity index (χ4v) is 3.27. The molecule has 2 unspecified atom stereocenters. The molecule has 2 N–H and O–H groups in total. The lowest BCUT2D eigenvalue weighted by Gasteiger charge is -2.44. The number of hydrogen-bond donors (Lipinski definition) is 2. The molecular formula is C15H27N3O3. The maximum atomic E-state index is 12.3. The van der Waals surface area contributed by atoms with Crippen molar-refractivity contribution in [2.75, 3.05) is 26.2 Å². The van der Waals surface area contributed by atoms with Crippen molar-refractivity contribution in [3.05, 3.63) is 0 Å². The molecule has 2 heterocycles. The third-order valence-corrected chi connectivity index (χ3v) is 4.43. The number of hydrogen-bond acceptors (Lipinski definition) is 3. The third kappa shape index (κ3) is 4.33. The minimum atomic E-state index is -0.951. The Labute approximate surface area is 126 Å². The van der Waals surface area contributed by atoms with E-state index in [-0.39, 0.29) is 11.9 Å². The predicted octanol–water partition coefficient (Wildman–Crippen LogP) is 1.37. The first-order valence-corrected chi connectivity index (χ1v) is 7.99. The van der Waals surface area contributed by atoms with Crippen LogP contribution in [-0.4, -0.2) is 65.2 Å². The molecule has 2 saturated heterocycles. The Balaban J connectivity index is 1.88. The van der Waals surface area contributed by atoms with Crippen LogP contribution in [0.1, 0.15) is 39.5 Å². The number of carboxylic acid groups (broad SMARTS) is 1. The summed E-state index contributed by atoms with van der Waals surface area (Å²) >= 11 is 0. The largest absolute Gasteiger partial charge is 0.480 e. The van der Waals surface area contributed by atoms with E-state index in [0.29, 0.717) is 19.0 Å². The second-order valence-corrected chi connectivity index (χ2v) is 6.60. The SMILES string of the molecule is CC(C)CC(NC(=O)N1CCN2CCCCC2C1)C(=O)O. The number of urea groups is 1. The van der Waals surface area contributed by atoms with Crippen molar-refractivity contribution in [2.45, 2.75) is 51.6 Å². The molecule has 21 heavy (non-hydrogen) atoms. The lowest BCUT2D eigenvalue weighted by molar-refractivity contribution is -0.139. The van der Waals surface area contributed by atoms with Crippen LogP contribution in [0.25, 0.3) is 0 Å². The quantitative estimate of drug-likeness (QED) is 0.822. The molecule has 2 aliphatic heterocycles. The van der Waals surface area contributed by atoms with Crippen molar-refractivity contribution in [2.24, 2.45) is 5.92 Å². The van der Waals surface area contributed by atoms with Gasteiger partial charge in [-0.3, -0.25) is 4.90 Å². The van der Waals surface area contributed by atoms with E-state index in [0.717, 1.165) is 26.1 Å². The zero-order chi connectivity index (χ0) is 15.4. The van der Waals surface area contributed by atoms with Gasteiger partial charge in [0, 0.05) is 25.7 Å². The van der Waals surface area contributed by atoms with E-state index in [9.17, 15) is 14.7 Å². The first-order valence-electron chi connectivity index (χ1n) is 7.99. The molecule has 0 spiro atoms. The summed E-state index contributed by atoms with van der Waals surface area (Å²) in [5.74, 6) is -0.713. The molecule has 0 aliphatic carbocycles. The van der Waals surface area contributed by atoms with Crippen molar-refractivity contribution in [3.8, 4) is 0 Å². The number of nitrogens with zero attached hydrogens (tertiary/aromatic N) is 2. The van der Waals surface area contributed by atoms with Gasteiger partial charge < -0.3 is 15.3 Å². The molecule has 2 amide bonds. The normalized spacial score (nSPS) is 24.5. The highest BCUT2D eigenvalue weighted by Crippen LogP contribution is 2.21. The molecule has 2 fully saturated rings. The van der Waals surface area contributed by atoms with Crippen LogP contribution in [0, 0.1) is 5.92 Å². The van der Waals surface area contributed by atoms with Crippen LogP contribution in [0.15, 0.2) is 0 Å². The van der Waals surface area contributed by atoms with Gasteiger partial charge in [0.1, 0.15) is 6.04 Å². The molecule has 2 rings (SSSR count). The smallest absolute Gasteiger partial charge is 0.326 e. The zero-order valence-electron chi connectivity index (χ0n) is 13.0. The average molecular weight is 297 g/mol. The molecule has 0 bridgehead atoms. The van der Waals surface area contributed by atoms with Gasteiger partial charge in [-0.25, -0.2) is 9.59 Å². The lowest BCUT2D eigenvalue weighted by atomic mass is 9.99. The van der Waals surface area contributed by atoms with E-state index in [1.165, 1.54) is 12.8 Å². The molecular weight excluding hydrogens is 270 g/mol. The van der Waals surface area contributed by atoms with Crippen LogP contribution < -0.4 is 5.32 Å². The fraction of sp³-hybridized carbons (Fsp3) is 0.867. The summed E-state index contributed by atoms with van der Waals surface area (Å²) in [5, 5.41) is 11.9. The highest BCUT2D eigenvalue weighted by Gasteiger charge is 2.32. The molecule has 6 nitrogen and oxygen atoms in total. The van der Waals surface area contributed by atoms with Gasteiger partial charge in [0.2, 0.25) is 0 Å². The molecule has 120 valence electrons. The van der Waals surface area contributed by atoms with Crippen LogP contribution in [0.3, 0.4) is 0 Å². The topological polar surface area (TPSA) is 72.9 Å². The van der Waals surface area contributed by atoms with Gasteiger partial charge in [-0.15, -0.1) is 0 Å². The van der Waals surface area contributed by atoms with Gasteiger partial charge in [0.05, 0.1) is 0 Å². The summed E-state index contributed by atoms with van der Waals surface area (Å²) in [6, 6.07) is -0.568. The number of carboxylic acids is 1. The van der Waals surface area contributed by atoms with Crippen molar-refractivity contribution in [3.63, 3.8) is 0 Å². The standard InChI is InChI=1S/C15H27N3O3/c1-11(2)9-13(14(19)20)16-15(21)18-8-7-17-6-4-3-5-12(17)10-18/h11-13H,3-10H2,1-2H3,(H,16,21)(H,19,20). The number of piperazine rings is 1. The second-order valence-electron chi connectivity index (χ2n) is 6.60. The maximum Gasteiger partial charge on any atom is 0.326 e.